The highest BCUT2D eigenvalue weighted by atomic mass is 35.5. The average Bonchev–Trinajstić information content (AvgIpc) is 2.58. The van der Waals surface area contributed by atoms with Crippen molar-refractivity contribution in [1.29, 1.82) is 0 Å². The number of carbonyl (C=O) groups excluding carboxylic acids is 2. The molecular weight excluding hydrogens is 354 g/mol. The Labute approximate surface area is 147 Å². The summed E-state index contributed by atoms with van der Waals surface area (Å²) in [7, 11) is 0. The Morgan fingerprint density at radius 2 is 1.56 bits per heavy atom. The van der Waals surface area contributed by atoms with E-state index < -0.39 is 12.5 Å². The van der Waals surface area contributed by atoms with E-state index in [-0.39, 0.29) is 30.3 Å². The Bertz CT molecular complexity index is 739. The summed E-state index contributed by atoms with van der Waals surface area (Å²) in [5, 5.41) is 5.75. The van der Waals surface area contributed by atoms with Crippen LogP contribution in [0.4, 0.5) is 8.78 Å². The fraction of sp³-hybridized carbons (Fsp3) is 0.176. The number of hydrogen-bond acceptors (Lipinski definition) is 3. The summed E-state index contributed by atoms with van der Waals surface area (Å²) in [5.74, 6) is -0.850. The zero-order valence-electron chi connectivity index (χ0n) is 13.0. The SMILES string of the molecule is O=C(NCCNC(=O)c1cccc(OC(F)F)c1)c1ccc(Cl)cc1. The Kier molecular flexibility index (Phi) is 6.71. The van der Waals surface area contributed by atoms with E-state index in [1.165, 1.54) is 24.3 Å². The van der Waals surface area contributed by atoms with E-state index in [0.29, 0.717) is 10.6 Å². The van der Waals surface area contributed by atoms with Gasteiger partial charge in [-0.25, -0.2) is 0 Å². The van der Waals surface area contributed by atoms with Crippen molar-refractivity contribution in [3.63, 3.8) is 0 Å². The van der Waals surface area contributed by atoms with Crippen LogP contribution in [-0.4, -0.2) is 31.5 Å². The molecule has 0 aliphatic rings. The maximum absolute atomic E-state index is 12.2. The van der Waals surface area contributed by atoms with Crippen molar-refractivity contribution in [3.05, 3.63) is 64.7 Å². The smallest absolute Gasteiger partial charge is 0.387 e. The van der Waals surface area contributed by atoms with Gasteiger partial charge in [0.05, 0.1) is 0 Å². The van der Waals surface area contributed by atoms with Crippen LogP contribution in [0.15, 0.2) is 48.5 Å². The van der Waals surface area contributed by atoms with Gasteiger partial charge >= 0.3 is 6.61 Å². The molecule has 0 spiro atoms. The number of ether oxygens (including phenoxy) is 1. The summed E-state index contributed by atoms with van der Waals surface area (Å²) < 4.78 is 28.6. The van der Waals surface area contributed by atoms with Gasteiger partial charge in [0.15, 0.2) is 0 Å². The van der Waals surface area contributed by atoms with Crippen molar-refractivity contribution >= 4 is 23.4 Å². The third-order valence-corrected chi connectivity index (χ3v) is 3.38. The van der Waals surface area contributed by atoms with Crippen LogP contribution in [0.1, 0.15) is 20.7 Å². The average molecular weight is 369 g/mol. The highest BCUT2D eigenvalue weighted by Crippen LogP contribution is 2.15. The maximum Gasteiger partial charge on any atom is 0.387 e. The lowest BCUT2D eigenvalue weighted by molar-refractivity contribution is -0.0498. The van der Waals surface area contributed by atoms with Gasteiger partial charge < -0.3 is 15.4 Å². The largest absolute Gasteiger partial charge is 0.435 e. The first-order valence-corrected chi connectivity index (χ1v) is 7.70. The topological polar surface area (TPSA) is 67.4 Å². The molecule has 25 heavy (non-hydrogen) atoms. The third kappa shape index (κ3) is 6.04. The van der Waals surface area contributed by atoms with Gasteiger partial charge in [0.25, 0.3) is 11.8 Å². The van der Waals surface area contributed by atoms with Gasteiger partial charge in [-0.15, -0.1) is 0 Å². The summed E-state index contributed by atoms with van der Waals surface area (Å²) in [6.45, 7) is -2.57. The van der Waals surface area contributed by atoms with Crippen molar-refractivity contribution in [2.75, 3.05) is 13.1 Å². The number of nitrogens with one attached hydrogen (secondary N) is 2. The summed E-state index contributed by atoms with van der Waals surface area (Å²) in [6, 6.07) is 11.8. The molecule has 2 rings (SSSR count). The van der Waals surface area contributed by atoms with E-state index in [4.69, 9.17) is 11.6 Å². The van der Waals surface area contributed by atoms with Gasteiger partial charge in [-0.1, -0.05) is 17.7 Å². The second-order valence-corrected chi connectivity index (χ2v) is 5.36. The van der Waals surface area contributed by atoms with Crippen LogP contribution in [0.2, 0.25) is 5.02 Å². The van der Waals surface area contributed by atoms with Gasteiger partial charge in [-0.3, -0.25) is 9.59 Å². The second-order valence-electron chi connectivity index (χ2n) is 4.93. The Balaban J connectivity index is 1.78. The maximum atomic E-state index is 12.2. The molecule has 8 heteroatoms. The molecule has 0 atom stereocenters. The molecule has 2 amide bonds. The van der Waals surface area contributed by atoms with E-state index in [1.807, 2.05) is 0 Å². The molecule has 132 valence electrons. The van der Waals surface area contributed by atoms with Crippen LogP contribution in [0.25, 0.3) is 0 Å². The highest BCUT2D eigenvalue weighted by Gasteiger charge is 2.09. The zero-order valence-corrected chi connectivity index (χ0v) is 13.7. The molecule has 2 aromatic rings. The molecule has 2 aromatic carbocycles. The quantitative estimate of drug-likeness (QED) is 0.738. The Hall–Kier alpha value is -2.67. The number of alkyl halides is 2. The van der Waals surface area contributed by atoms with Crippen molar-refractivity contribution in [2.45, 2.75) is 6.61 Å². The van der Waals surface area contributed by atoms with Crippen molar-refractivity contribution in [2.24, 2.45) is 0 Å². The number of rotatable bonds is 7. The lowest BCUT2D eigenvalue weighted by Crippen LogP contribution is -2.34. The van der Waals surface area contributed by atoms with Crippen LogP contribution in [0.5, 0.6) is 5.75 Å². The molecule has 0 fully saturated rings. The minimum atomic E-state index is -2.96. The van der Waals surface area contributed by atoms with Gasteiger partial charge in [0, 0.05) is 29.2 Å². The second kappa shape index (κ2) is 8.98. The molecule has 0 unspecified atom stereocenters. The van der Waals surface area contributed by atoms with E-state index in [1.54, 1.807) is 24.3 Å². The zero-order chi connectivity index (χ0) is 18.2. The number of halogens is 3. The normalized spacial score (nSPS) is 10.4. The molecule has 0 aliphatic heterocycles. The van der Waals surface area contributed by atoms with Gasteiger partial charge in [-0.2, -0.15) is 8.78 Å². The third-order valence-electron chi connectivity index (χ3n) is 3.12. The molecular formula is C17H15ClF2N2O3. The van der Waals surface area contributed by atoms with Crippen molar-refractivity contribution < 1.29 is 23.1 Å². The highest BCUT2D eigenvalue weighted by molar-refractivity contribution is 6.30. The first kappa shape index (κ1) is 18.7. The van der Waals surface area contributed by atoms with Gasteiger partial charge in [0.1, 0.15) is 5.75 Å². The first-order chi connectivity index (χ1) is 12.0. The minimum absolute atomic E-state index is 0.0984. The summed E-state index contributed by atoms with van der Waals surface area (Å²) in [5.41, 5.74) is 0.634. The molecule has 0 heterocycles. The van der Waals surface area contributed by atoms with E-state index in [0.717, 1.165) is 0 Å². The van der Waals surface area contributed by atoms with Gasteiger partial charge in [0.2, 0.25) is 0 Å². The summed E-state index contributed by atoms with van der Waals surface area (Å²) in [4.78, 5) is 23.8. The van der Waals surface area contributed by atoms with Crippen molar-refractivity contribution in [3.8, 4) is 5.75 Å². The van der Waals surface area contributed by atoms with E-state index in [9.17, 15) is 18.4 Å². The minimum Gasteiger partial charge on any atom is -0.435 e. The molecule has 0 aromatic heterocycles. The van der Waals surface area contributed by atoms with Crippen LogP contribution >= 0.6 is 11.6 Å². The molecule has 0 bridgehead atoms. The number of carbonyl (C=O) groups is 2. The fourth-order valence-electron chi connectivity index (χ4n) is 1.97. The number of benzene rings is 2. The van der Waals surface area contributed by atoms with Crippen LogP contribution in [0.3, 0.4) is 0 Å². The molecule has 0 saturated carbocycles. The van der Waals surface area contributed by atoms with E-state index >= 15 is 0 Å². The molecule has 0 aliphatic carbocycles. The van der Waals surface area contributed by atoms with Gasteiger partial charge in [-0.05, 0) is 42.5 Å². The summed E-state index contributed by atoms with van der Waals surface area (Å²) >= 11 is 5.75. The lowest BCUT2D eigenvalue weighted by Gasteiger charge is -2.09. The number of hydrogen-bond donors (Lipinski definition) is 2. The predicted molar refractivity (Wildman–Crippen MR) is 89.2 cm³/mol. The van der Waals surface area contributed by atoms with Crippen LogP contribution < -0.4 is 15.4 Å². The Morgan fingerprint density at radius 1 is 0.960 bits per heavy atom. The molecule has 5 nitrogen and oxygen atoms in total. The first-order valence-electron chi connectivity index (χ1n) is 7.32. The fourth-order valence-corrected chi connectivity index (χ4v) is 2.10. The molecule has 0 radical (unpaired) electrons. The Morgan fingerprint density at radius 3 is 2.16 bits per heavy atom. The molecule has 0 saturated heterocycles. The predicted octanol–water partition coefficient (Wildman–Crippen LogP) is 3.10. The lowest BCUT2D eigenvalue weighted by atomic mass is 10.2. The van der Waals surface area contributed by atoms with Crippen LogP contribution in [0, 0.1) is 0 Å². The summed E-state index contributed by atoms with van der Waals surface area (Å²) in [6.07, 6.45) is 0. The number of amides is 2. The monoisotopic (exact) mass is 368 g/mol. The standard InChI is InChI=1S/C17H15ClF2N2O3/c18-13-6-4-11(5-7-13)15(23)21-8-9-22-16(24)12-2-1-3-14(10-12)25-17(19)20/h1-7,10,17H,8-9H2,(H,21,23)(H,22,24). The van der Waals surface area contributed by atoms with Crippen LogP contribution in [-0.2, 0) is 0 Å². The van der Waals surface area contributed by atoms with Crippen molar-refractivity contribution in [1.82, 2.24) is 10.6 Å². The van der Waals surface area contributed by atoms with E-state index in [2.05, 4.69) is 15.4 Å². The molecule has 2 N–H and O–H groups in total.